The molecule has 0 saturated carbocycles. The van der Waals surface area contributed by atoms with E-state index in [4.69, 9.17) is 0 Å². The minimum atomic E-state index is -3.44. The number of nitrogens with one attached hydrogen (secondary N) is 2. The van der Waals surface area contributed by atoms with Crippen molar-refractivity contribution in [1.82, 2.24) is 10.6 Å². The Morgan fingerprint density at radius 2 is 2.05 bits per heavy atom. The van der Waals surface area contributed by atoms with E-state index in [-0.39, 0.29) is 5.75 Å². The Hall–Kier alpha value is -0.920. The lowest BCUT2D eigenvalue weighted by Gasteiger charge is -2.22. The molecule has 0 aromatic heterocycles. The van der Waals surface area contributed by atoms with E-state index in [1.54, 1.807) is 24.3 Å². The van der Waals surface area contributed by atoms with Crippen LogP contribution in [0.2, 0.25) is 0 Å². The van der Waals surface area contributed by atoms with E-state index < -0.39 is 21.5 Å². The van der Waals surface area contributed by atoms with Gasteiger partial charge in [0.25, 0.3) is 0 Å². The second kappa shape index (κ2) is 8.08. The summed E-state index contributed by atoms with van der Waals surface area (Å²) in [4.78, 5) is 11.8. The molecule has 1 saturated heterocycles. The molecule has 1 aromatic rings. The summed E-state index contributed by atoms with van der Waals surface area (Å²) < 4.78 is 25.0. The van der Waals surface area contributed by atoms with Gasteiger partial charge in [0.2, 0.25) is 5.91 Å². The van der Waals surface area contributed by atoms with E-state index in [2.05, 4.69) is 26.6 Å². The largest absolute Gasteiger partial charge is 0.355 e. The lowest BCUT2D eigenvalue weighted by molar-refractivity contribution is -0.118. The quantitative estimate of drug-likeness (QED) is 0.773. The molecular weight excluding hydrogens is 368 g/mol. The summed E-state index contributed by atoms with van der Waals surface area (Å²) >= 11 is 3.30. The number of carbonyl (C=O) groups excluding carboxylic acids is 1. The molecule has 2 rings (SSSR count). The highest BCUT2D eigenvalue weighted by Crippen LogP contribution is 2.13. The Bertz CT molecular complexity index is 596. The maximum absolute atomic E-state index is 12.1. The lowest BCUT2D eigenvalue weighted by atomic mass is 10.00. The average Bonchev–Trinajstić information content (AvgIpc) is 2.48. The van der Waals surface area contributed by atoms with Gasteiger partial charge in [0.05, 0.1) is 5.75 Å². The molecule has 1 amide bonds. The summed E-state index contributed by atoms with van der Waals surface area (Å²) in [5.74, 6) is -0.586. The molecule has 7 heteroatoms. The number of carbonyl (C=O) groups is 1. The monoisotopic (exact) mass is 388 g/mol. The first-order valence-corrected chi connectivity index (χ1v) is 9.98. The van der Waals surface area contributed by atoms with E-state index >= 15 is 0 Å². The molecular formula is C15H21BrN2O3S. The number of halogens is 1. The van der Waals surface area contributed by atoms with Crippen LogP contribution in [0, 0.1) is 5.92 Å². The minimum Gasteiger partial charge on any atom is -0.355 e. The fourth-order valence-electron chi connectivity index (χ4n) is 2.49. The van der Waals surface area contributed by atoms with Gasteiger partial charge in [-0.1, -0.05) is 28.1 Å². The fourth-order valence-corrected chi connectivity index (χ4v) is 4.06. The maximum Gasteiger partial charge on any atom is 0.235 e. The topological polar surface area (TPSA) is 75.3 Å². The molecule has 1 atom stereocenters. The number of sulfone groups is 1. The SMILES string of the molecule is O=C(CS(=O)(=O)Cc1ccc(Br)cc1)NCC1CCCNC1. The van der Waals surface area contributed by atoms with Crippen molar-refractivity contribution < 1.29 is 13.2 Å². The number of hydrogen-bond donors (Lipinski definition) is 2. The third-order valence-corrected chi connectivity index (χ3v) is 5.64. The van der Waals surface area contributed by atoms with Gasteiger partial charge in [0.1, 0.15) is 5.75 Å². The molecule has 22 heavy (non-hydrogen) atoms. The van der Waals surface area contributed by atoms with Crippen molar-refractivity contribution in [3.8, 4) is 0 Å². The fraction of sp³-hybridized carbons (Fsp3) is 0.533. The smallest absolute Gasteiger partial charge is 0.235 e. The minimum absolute atomic E-state index is 0.112. The van der Waals surface area contributed by atoms with E-state index in [0.717, 1.165) is 30.4 Å². The van der Waals surface area contributed by atoms with Crippen molar-refractivity contribution in [3.63, 3.8) is 0 Å². The molecule has 2 N–H and O–H groups in total. The molecule has 1 heterocycles. The van der Waals surface area contributed by atoms with Crippen molar-refractivity contribution >= 4 is 31.7 Å². The molecule has 1 aliphatic rings. The molecule has 122 valence electrons. The number of piperidine rings is 1. The Morgan fingerprint density at radius 1 is 1.32 bits per heavy atom. The van der Waals surface area contributed by atoms with E-state index in [0.29, 0.717) is 18.0 Å². The van der Waals surface area contributed by atoms with Crippen LogP contribution >= 0.6 is 15.9 Å². The van der Waals surface area contributed by atoms with Crippen LogP contribution in [0.15, 0.2) is 28.7 Å². The highest BCUT2D eigenvalue weighted by atomic mass is 79.9. The number of rotatable bonds is 6. The first-order chi connectivity index (χ1) is 10.4. The summed E-state index contributed by atoms with van der Waals surface area (Å²) in [6.45, 7) is 2.44. The summed E-state index contributed by atoms with van der Waals surface area (Å²) in [6.07, 6.45) is 2.17. The van der Waals surface area contributed by atoms with Crippen LogP contribution in [0.4, 0.5) is 0 Å². The maximum atomic E-state index is 12.1. The van der Waals surface area contributed by atoms with Crippen LogP contribution in [0.1, 0.15) is 18.4 Å². The molecule has 5 nitrogen and oxygen atoms in total. The molecule has 1 unspecified atom stereocenters. The van der Waals surface area contributed by atoms with E-state index in [9.17, 15) is 13.2 Å². The highest BCUT2D eigenvalue weighted by Gasteiger charge is 2.19. The average molecular weight is 389 g/mol. The number of benzene rings is 1. The lowest BCUT2D eigenvalue weighted by Crippen LogP contribution is -2.40. The normalized spacial score (nSPS) is 18.9. The summed E-state index contributed by atoms with van der Waals surface area (Å²) in [6, 6.07) is 7.07. The summed E-state index contributed by atoms with van der Waals surface area (Å²) in [7, 11) is -3.44. The summed E-state index contributed by atoms with van der Waals surface area (Å²) in [5.41, 5.74) is 0.687. The van der Waals surface area contributed by atoms with Gasteiger partial charge in [-0.2, -0.15) is 0 Å². The molecule has 1 aliphatic heterocycles. The van der Waals surface area contributed by atoms with Crippen molar-refractivity contribution in [2.24, 2.45) is 5.92 Å². The van der Waals surface area contributed by atoms with Crippen LogP contribution in [0.25, 0.3) is 0 Å². The standard InChI is InChI=1S/C15H21BrN2O3S/c16-14-5-3-12(4-6-14)10-22(20,21)11-15(19)18-9-13-2-1-7-17-8-13/h3-6,13,17H,1-2,7-11H2,(H,18,19). The van der Waals surface area contributed by atoms with E-state index in [1.165, 1.54) is 0 Å². The zero-order valence-corrected chi connectivity index (χ0v) is 14.7. The first-order valence-electron chi connectivity index (χ1n) is 7.37. The van der Waals surface area contributed by atoms with Crippen molar-refractivity contribution in [2.75, 3.05) is 25.4 Å². The van der Waals surface area contributed by atoms with Crippen LogP contribution < -0.4 is 10.6 Å². The Labute approximate surface area is 139 Å². The van der Waals surface area contributed by atoms with Gasteiger partial charge in [-0.3, -0.25) is 4.79 Å². The second-order valence-corrected chi connectivity index (χ2v) is 8.66. The van der Waals surface area contributed by atoms with Crippen LogP contribution in [0.5, 0.6) is 0 Å². The molecule has 0 radical (unpaired) electrons. The number of hydrogen-bond acceptors (Lipinski definition) is 4. The van der Waals surface area contributed by atoms with Crippen LogP contribution in [0.3, 0.4) is 0 Å². The molecule has 1 aromatic carbocycles. The van der Waals surface area contributed by atoms with Crippen LogP contribution in [-0.4, -0.2) is 39.7 Å². The predicted molar refractivity (Wildman–Crippen MR) is 90.2 cm³/mol. The Morgan fingerprint density at radius 3 is 2.68 bits per heavy atom. The first kappa shape index (κ1) is 17.4. The predicted octanol–water partition coefficient (Wildman–Crippen LogP) is 1.48. The molecule has 0 spiro atoms. The van der Waals surface area contributed by atoms with Gasteiger partial charge in [-0.25, -0.2) is 8.42 Å². The highest BCUT2D eigenvalue weighted by molar-refractivity contribution is 9.10. The van der Waals surface area contributed by atoms with Crippen molar-refractivity contribution in [3.05, 3.63) is 34.3 Å². The van der Waals surface area contributed by atoms with Gasteiger partial charge in [0, 0.05) is 11.0 Å². The third kappa shape index (κ3) is 6.06. The van der Waals surface area contributed by atoms with Crippen molar-refractivity contribution in [2.45, 2.75) is 18.6 Å². The zero-order valence-electron chi connectivity index (χ0n) is 12.3. The Kier molecular flexibility index (Phi) is 6.40. The summed E-state index contributed by atoms with van der Waals surface area (Å²) in [5, 5.41) is 6.01. The molecule has 0 aliphatic carbocycles. The molecule has 0 bridgehead atoms. The van der Waals surface area contributed by atoms with Crippen LogP contribution in [-0.2, 0) is 20.4 Å². The Balaban J connectivity index is 1.80. The second-order valence-electron chi connectivity index (χ2n) is 5.68. The van der Waals surface area contributed by atoms with Crippen molar-refractivity contribution in [1.29, 1.82) is 0 Å². The molecule has 1 fully saturated rings. The van der Waals surface area contributed by atoms with Gasteiger partial charge in [-0.15, -0.1) is 0 Å². The third-order valence-electron chi connectivity index (χ3n) is 3.64. The van der Waals surface area contributed by atoms with Gasteiger partial charge < -0.3 is 10.6 Å². The van der Waals surface area contributed by atoms with E-state index in [1.807, 2.05) is 0 Å². The van der Waals surface area contributed by atoms with Gasteiger partial charge >= 0.3 is 0 Å². The number of amides is 1. The van der Waals surface area contributed by atoms with Gasteiger partial charge in [0.15, 0.2) is 9.84 Å². The van der Waals surface area contributed by atoms with Gasteiger partial charge in [-0.05, 0) is 49.5 Å². The zero-order chi connectivity index (χ0) is 16.0.